The van der Waals surface area contributed by atoms with E-state index in [1.54, 1.807) is 37.6 Å². The van der Waals surface area contributed by atoms with Crippen LogP contribution < -0.4 is 15.1 Å². The van der Waals surface area contributed by atoms with Crippen molar-refractivity contribution in [3.05, 3.63) is 58.1 Å². The lowest BCUT2D eigenvalue weighted by Crippen LogP contribution is -2.45. The minimum Gasteiger partial charge on any atom is -0.497 e. The third-order valence-corrected chi connectivity index (χ3v) is 5.78. The van der Waals surface area contributed by atoms with Gasteiger partial charge in [-0.2, -0.15) is 5.10 Å². The van der Waals surface area contributed by atoms with E-state index in [0.717, 1.165) is 17.7 Å². The Labute approximate surface area is 171 Å². The van der Waals surface area contributed by atoms with Crippen LogP contribution in [0.2, 0.25) is 5.02 Å². The quantitative estimate of drug-likeness (QED) is 0.591. The van der Waals surface area contributed by atoms with Gasteiger partial charge in [0.1, 0.15) is 5.75 Å². The summed E-state index contributed by atoms with van der Waals surface area (Å²) < 4.78 is 5.14. The number of benzene rings is 2. The normalized spacial score (nSPS) is 18.1. The number of hydrogen-bond donors (Lipinski definition) is 1. The second-order valence-electron chi connectivity index (χ2n) is 7.84. The molecule has 1 heterocycles. The van der Waals surface area contributed by atoms with Gasteiger partial charge in [0, 0.05) is 29.4 Å². The van der Waals surface area contributed by atoms with Crippen LogP contribution in [0.3, 0.4) is 0 Å². The second kappa shape index (κ2) is 7.84. The van der Waals surface area contributed by atoms with Crippen molar-refractivity contribution in [3.8, 4) is 5.75 Å². The molecule has 2 aromatic carbocycles. The predicted octanol–water partition coefficient (Wildman–Crippen LogP) is 4.83. The third-order valence-electron chi connectivity index (χ3n) is 5.45. The third kappa shape index (κ3) is 3.99. The lowest BCUT2D eigenvalue weighted by atomic mass is 9.80. The maximum atomic E-state index is 12.3. The Bertz CT molecular complexity index is 924. The van der Waals surface area contributed by atoms with Crippen molar-refractivity contribution in [2.45, 2.75) is 38.6 Å². The molecule has 1 aliphatic heterocycles. The molecule has 2 aromatic rings. The highest BCUT2D eigenvalue weighted by atomic mass is 35.5. The van der Waals surface area contributed by atoms with E-state index in [4.69, 9.17) is 16.3 Å². The minimum atomic E-state index is -0.306. The van der Waals surface area contributed by atoms with E-state index < -0.39 is 0 Å². The molecule has 0 spiro atoms. The number of nitrogens with one attached hydrogen (secondary N) is 1. The number of carbonyl (C=O) groups excluding carboxylic acids is 1. The molecule has 6 heteroatoms. The molecule has 0 bridgehead atoms. The molecular formula is C22H26ClN3O2. The fourth-order valence-electron chi connectivity index (χ4n) is 3.69. The number of methoxy groups -OCH3 is 1. The summed E-state index contributed by atoms with van der Waals surface area (Å²) in [4.78, 5) is 14.5. The maximum Gasteiger partial charge on any atom is 0.271 e. The van der Waals surface area contributed by atoms with Crippen molar-refractivity contribution in [1.29, 1.82) is 0 Å². The summed E-state index contributed by atoms with van der Waals surface area (Å²) in [7, 11) is 3.66. The first kappa shape index (κ1) is 20.2. The maximum absolute atomic E-state index is 12.3. The Morgan fingerprint density at radius 1 is 1.36 bits per heavy atom. The Morgan fingerprint density at radius 3 is 2.82 bits per heavy atom. The lowest BCUT2D eigenvalue weighted by molar-refractivity contribution is 0.0955. The zero-order chi connectivity index (χ0) is 20.5. The van der Waals surface area contributed by atoms with Crippen LogP contribution in [0, 0.1) is 0 Å². The smallest absolute Gasteiger partial charge is 0.271 e. The number of ether oxygens (including phenoxy) is 1. The molecule has 1 N–H and O–H groups in total. The van der Waals surface area contributed by atoms with Gasteiger partial charge in [0.15, 0.2) is 0 Å². The van der Waals surface area contributed by atoms with Crippen molar-refractivity contribution in [2.24, 2.45) is 5.10 Å². The molecule has 148 valence electrons. The number of halogens is 1. The molecule has 1 atom stereocenters. The van der Waals surface area contributed by atoms with Crippen molar-refractivity contribution in [1.82, 2.24) is 5.43 Å². The van der Waals surface area contributed by atoms with E-state index in [1.165, 1.54) is 5.56 Å². The summed E-state index contributed by atoms with van der Waals surface area (Å²) in [6.07, 6.45) is 2.65. The number of nitrogens with zero attached hydrogens (tertiary/aromatic N) is 2. The van der Waals surface area contributed by atoms with Crippen LogP contribution >= 0.6 is 11.6 Å². The SMILES string of the molecule is COc1cccc(C(=O)N/N=C/c2cc3c(cc2Cl)N(C)C(C)(C)CC3C)c1. The van der Waals surface area contributed by atoms with Crippen LogP contribution in [-0.2, 0) is 0 Å². The van der Waals surface area contributed by atoms with E-state index in [9.17, 15) is 4.79 Å². The number of rotatable bonds is 4. The molecule has 0 fully saturated rings. The fraction of sp³-hybridized carbons (Fsp3) is 0.364. The molecule has 0 radical (unpaired) electrons. The summed E-state index contributed by atoms with van der Waals surface area (Å²) in [5.41, 5.74) is 6.27. The number of hydrazone groups is 1. The summed E-state index contributed by atoms with van der Waals surface area (Å²) in [6, 6.07) is 11.0. The van der Waals surface area contributed by atoms with E-state index >= 15 is 0 Å². The van der Waals surface area contributed by atoms with Gasteiger partial charge in [-0.15, -0.1) is 0 Å². The molecule has 0 aliphatic carbocycles. The monoisotopic (exact) mass is 399 g/mol. The Balaban J connectivity index is 1.79. The van der Waals surface area contributed by atoms with E-state index in [0.29, 0.717) is 22.3 Å². The summed E-state index contributed by atoms with van der Waals surface area (Å²) >= 11 is 6.49. The molecule has 1 aliphatic rings. The highest BCUT2D eigenvalue weighted by Gasteiger charge is 2.34. The predicted molar refractivity (Wildman–Crippen MR) is 115 cm³/mol. The van der Waals surface area contributed by atoms with E-state index in [2.05, 4.69) is 49.3 Å². The number of carbonyl (C=O) groups is 1. The van der Waals surface area contributed by atoms with Crippen molar-refractivity contribution < 1.29 is 9.53 Å². The number of amides is 1. The molecule has 0 saturated carbocycles. The molecule has 1 unspecified atom stereocenters. The Hall–Kier alpha value is -2.53. The summed E-state index contributed by atoms with van der Waals surface area (Å²) in [5.74, 6) is 0.728. The van der Waals surface area contributed by atoms with E-state index in [-0.39, 0.29) is 11.4 Å². The van der Waals surface area contributed by atoms with Gasteiger partial charge < -0.3 is 9.64 Å². The Morgan fingerprint density at radius 2 is 2.11 bits per heavy atom. The first-order valence-corrected chi connectivity index (χ1v) is 9.65. The number of anilines is 1. The average molecular weight is 400 g/mol. The second-order valence-corrected chi connectivity index (χ2v) is 8.25. The van der Waals surface area contributed by atoms with Crippen LogP contribution in [-0.4, -0.2) is 31.8 Å². The first-order chi connectivity index (χ1) is 13.2. The van der Waals surface area contributed by atoms with Gasteiger partial charge in [0.25, 0.3) is 5.91 Å². The molecular weight excluding hydrogens is 374 g/mol. The van der Waals surface area contributed by atoms with Crippen LogP contribution in [0.5, 0.6) is 5.75 Å². The van der Waals surface area contributed by atoms with Gasteiger partial charge in [0.05, 0.1) is 18.3 Å². The van der Waals surface area contributed by atoms with Gasteiger partial charge in [-0.1, -0.05) is 24.6 Å². The lowest BCUT2D eigenvalue weighted by Gasteiger charge is -2.45. The van der Waals surface area contributed by atoms with Crippen molar-refractivity contribution in [2.75, 3.05) is 19.1 Å². The van der Waals surface area contributed by atoms with Crippen LogP contribution in [0.15, 0.2) is 41.5 Å². The first-order valence-electron chi connectivity index (χ1n) is 9.27. The summed E-state index contributed by atoms with van der Waals surface area (Å²) in [5, 5.41) is 4.70. The number of fused-ring (bicyclic) bond motifs is 1. The number of hydrogen-bond acceptors (Lipinski definition) is 4. The standard InChI is InChI=1S/C22H26ClN3O2/c1-14-12-22(2,3)26(4)20-11-19(23)16(10-18(14)20)13-24-25-21(27)15-7-6-8-17(9-15)28-5/h6-11,13-14H,12H2,1-5H3,(H,25,27)/b24-13+. The van der Waals surface area contributed by atoms with Crippen LogP contribution in [0.25, 0.3) is 0 Å². The van der Waals surface area contributed by atoms with Crippen LogP contribution in [0.4, 0.5) is 5.69 Å². The Kier molecular flexibility index (Phi) is 5.66. The van der Waals surface area contributed by atoms with E-state index in [1.807, 2.05) is 6.07 Å². The molecule has 28 heavy (non-hydrogen) atoms. The van der Waals surface area contributed by atoms with Gasteiger partial charge in [0.2, 0.25) is 0 Å². The average Bonchev–Trinajstić information content (AvgIpc) is 2.66. The van der Waals surface area contributed by atoms with Crippen molar-refractivity contribution in [3.63, 3.8) is 0 Å². The van der Waals surface area contributed by atoms with Crippen molar-refractivity contribution >= 4 is 29.4 Å². The zero-order valence-corrected chi connectivity index (χ0v) is 17.7. The highest BCUT2D eigenvalue weighted by Crippen LogP contribution is 2.44. The molecule has 0 aromatic heterocycles. The van der Waals surface area contributed by atoms with Gasteiger partial charge in [-0.3, -0.25) is 4.79 Å². The summed E-state index contributed by atoms with van der Waals surface area (Å²) in [6.45, 7) is 6.71. The van der Waals surface area contributed by atoms with Gasteiger partial charge >= 0.3 is 0 Å². The van der Waals surface area contributed by atoms with Gasteiger partial charge in [-0.25, -0.2) is 5.43 Å². The molecule has 0 saturated heterocycles. The largest absolute Gasteiger partial charge is 0.497 e. The molecule has 5 nitrogen and oxygen atoms in total. The minimum absolute atomic E-state index is 0.0794. The zero-order valence-electron chi connectivity index (χ0n) is 16.9. The van der Waals surface area contributed by atoms with Gasteiger partial charge in [-0.05, 0) is 62.1 Å². The van der Waals surface area contributed by atoms with Crippen LogP contribution in [0.1, 0.15) is 54.6 Å². The molecule has 3 rings (SSSR count). The topological polar surface area (TPSA) is 53.9 Å². The fourth-order valence-corrected chi connectivity index (χ4v) is 3.90. The highest BCUT2D eigenvalue weighted by molar-refractivity contribution is 6.33. The molecule has 1 amide bonds.